The maximum atomic E-state index is 12.5. The van der Waals surface area contributed by atoms with E-state index in [1.165, 1.54) is 4.90 Å². The number of hydrogen-bond acceptors (Lipinski definition) is 7. The highest BCUT2D eigenvalue weighted by atomic mass is 16.5. The molecule has 184 valence electrons. The second kappa shape index (κ2) is 10.0. The van der Waals surface area contributed by atoms with Crippen LogP contribution in [-0.4, -0.2) is 71.2 Å². The van der Waals surface area contributed by atoms with E-state index in [4.69, 9.17) is 9.72 Å². The van der Waals surface area contributed by atoms with E-state index >= 15 is 0 Å². The molecule has 9 heteroatoms. The first kappa shape index (κ1) is 24.6. The van der Waals surface area contributed by atoms with Crippen molar-refractivity contribution >= 4 is 17.6 Å². The van der Waals surface area contributed by atoms with Crippen LogP contribution in [0, 0.1) is 11.3 Å². The quantitative estimate of drug-likeness (QED) is 0.642. The lowest BCUT2D eigenvalue weighted by atomic mass is 9.86. The number of fused-ring (bicyclic) bond motifs is 1. The van der Waals surface area contributed by atoms with Crippen LogP contribution in [0.25, 0.3) is 11.3 Å². The standard InChI is InChI=1S/C26H31N5O4/c1-17(32)15-28-24(33)25(34)31-11-9-30(10-12-31)23-20(14-27)19-13-26(2,3)35-16-21(19)22(29-23)18-7-5-4-6-8-18/h4-8,17,32H,9-13,15-16H2,1-3H3,(H,28,33)/t17-/m0/s1. The molecule has 0 aliphatic carbocycles. The number of benzene rings is 1. The molecule has 1 aromatic heterocycles. The summed E-state index contributed by atoms with van der Waals surface area (Å²) in [6.07, 6.45) is -0.125. The Labute approximate surface area is 205 Å². The zero-order valence-electron chi connectivity index (χ0n) is 20.4. The molecule has 2 aliphatic heterocycles. The van der Waals surface area contributed by atoms with Gasteiger partial charge in [0.15, 0.2) is 0 Å². The summed E-state index contributed by atoms with van der Waals surface area (Å²) in [4.78, 5) is 33.1. The van der Waals surface area contributed by atoms with Gasteiger partial charge in [-0.15, -0.1) is 0 Å². The second-order valence-electron chi connectivity index (χ2n) is 9.66. The summed E-state index contributed by atoms with van der Waals surface area (Å²) in [5.41, 5.74) is 3.83. The van der Waals surface area contributed by atoms with Crippen molar-refractivity contribution in [1.82, 2.24) is 15.2 Å². The molecule has 2 amide bonds. The van der Waals surface area contributed by atoms with Crippen molar-refractivity contribution < 1.29 is 19.4 Å². The largest absolute Gasteiger partial charge is 0.392 e. The molecule has 1 aromatic carbocycles. The van der Waals surface area contributed by atoms with E-state index in [1.54, 1.807) is 6.92 Å². The monoisotopic (exact) mass is 477 g/mol. The van der Waals surface area contributed by atoms with Crippen molar-refractivity contribution in [3.63, 3.8) is 0 Å². The van der Waals surface area contributed by atoms with Crippen LogP contribution in [0.4, 0.5) is 5.82 Å². The van der Waals surface area contributed by atoms with Crippen molar-refractivity contribution in [2.45, 2.75) is 45.5 Å². The lowest BCUT2D eigenvalue weighted by molar-refractivity contribution is -0.146. The Kier molecular flexibility index (Phi) is 7.05. The van der Waals surface area contributed by atoms with Crippen molar-refractivity contribution in [2.75, 3.05) is 37.6 Å². The van der Waals surface area contributed by atoms with Gasteiger partial charge in [-0.25, -0.2) is 4.98 Å². The van der Waals surface area contributed by atoms with Crippen LogP contribution in [0.5, 0.6) is 0 Å². The Morgan fingerprint density at radius 2 is 1.89 bits per heavy atom. The Morgan fingerprint density at radius 1 is 1.20 bits per heavy atom. The van der Waals surface area contributed by atoms with Crippen molar-refractivity contribution in [3.05, 3.63) is 47.0 Å². The fourth-order valence-electron chi connectivity index (χ4n) is 4.51. The number of piperazine rings is 1. The number of rotatable bonds is 4. The number of hydrogen-bond donors (Lipinski definition) is 2. The SMILES string of the molecule is C[C@H](O)CNC(=O)C(=O)N1CCN(c2nc(-c3ccccc3)c3c(c2C#N)CC(C)(C)OC3)CC1. The number of ether oxygens (including phenoxy) is 1. The third kappa shape index (κ3) is 5.29. The number of anilines is 1. The molecule has 0 unspecified atom stereocenters. The lowest BCUT2D eigenvalue weighted by Gasteiger charge is -2.38. The van der Waals surface area contributed by atoms with Crippen LogP contribution >= 0.6 is 0 Å². The average Bonchev–Trinajstić information content (AvgIpc) is 2.85. The minimum absolute atomic E-state index is 0.0252. The first-order chi connectivity index (χ1) is 16.7. The van der Waals surface area contributed by atoms with E-state index in [0.29, 0.717) is 50.6 Å². The molecule has 35 heavy (non-hydrogen) atoms. The third-order valence-corrected chi connectivity index (χ3v) is 6.38. The summed E-state index contributed by atoms with van der Waals surface area (Å²) in [7, 11) is 0. The molecule has 2 aliphatic rings. The zero-order chi connectivity index (χ0) is 25.2. The Bertz CT molecular complexity index is 1150. The summed E-state index contributed by atoms with van der Waals surface area (Å²) >= 11 is 0. The van der Waals surface area contributed by atoms with Crippen LogP contribution in [0.15, 0.2) is 30.3 Å². The summed E-state index contributed by atoms with van der Waals surface area (Å²) < 4.78 is 6.08. The lowest BCUT2D eigenvalue weighted by Crippen LogP contribution is -2.53. The number of nitrogens with one attached hydrogen (secondary N) is 1. The van der Waals surface area contributed by atoms with Gasteiger partial charge in [0.1, 0.15) is 11.9 Å². The van der Waals surface area contributed by atoms with Crippen molar-refractivity contribution in [1.29, 1.82) is 5.26 Å². The minimum Gasteiger partial charge on any atom is -0.392 e. The highest BCUT2D eigenvalue weighted by Crippen LogP contribution is 2.39. The van der Waals surface area contributed by atoms with E-state index in [9.17, 15) is 20.0 Å². The molecule has 1 atom stereocenters. The number of carbonyl (C=O) groups excluding carboxylic acids is 2. The number of pyridine rings is 1. The van der Waals surface area contributed by atoms with Gasteiger partial charge in [-0.3, -0.25) is 9.59 Å². The summed E-state index contributed by atoms with van der Waals surface area (Å²) in [6.45, 7) is 7.56. The fourth-order valence-corrected chi connectivity index (χ4v) is 4.51. The van der Waals surface area contributed by atoms with Crippen LogP contribution in [0.1, 0.15) is 37.5 Å². The maximum Gasteiger partial charge on any atom is 0.312 e. The molecule has 0 spiro atoms. The molecule has 9 nitrogen and oxygen atoms in total. The number of carbonyl (C=O) groups is 2. The second-order valence-corrected chi connectivity index (χ2v) is 9.66. The van der Waals surface area contributed by atoms with Gasteiger partial charge in [0, 0.05) is 50.3 Å². The van der Waals surface area contributed by atoms with E-state index in [-0.39, 0.29) is 6.54 Å². The molecule has 1 fully saturated rings. The van der Waals surface area contributed by atoms with E-state index in [1.807, 2.05) is 49.1 Å². The highest BCUT2D eigenvalue weighted by Gasteiger charge is 2.34. The number of nitriles is 1. The molecule has 0 saturated carbocycles. The summed E-state index contributed by atoms with van der Waals surface area (Å²) in [5.74, 6) is -0.737. The molecule has 2 aromatic rings. The van der Waals surface area contributed by atoms with E-state index in [0.717, 1.165) is 22.4 Å². The highest BCUT2D eigenvalue weighted by molar-refractivity contribution is 6.35. The molecular weight excluding hydrogens is 446 g/mol. The zero-order valence-corrected chi connectivity index (χ0v) is 20.4. The van der Waals surface area contributed by atoms with Crippen molar-refractivity contribution in [2.24, 2.45) is 0 Å². The Balaban J connectivity index is 1.63. The molecule has 3 heterocycles. The van der Waals surface area contributed by atoms with Crippen LogP contribution in [-0.2, 0) is 27.4 Å². The first-order valence-corrected chi connectivity index (χ1v) is 11.9. The Morgan fingerprint density at radius 3 is 2.51 bits per heavy atom. The van der Waals surface area contributed by atoms with Gasteiger partial charge in [-0.1, -0.05) is 30.3 Å². The van der Waals surface area contributed by atoms with Crippen LogP contribution in [0.3, 0.4) is 0 Å². The smallest absolute Gasteiger partial charge is 0.312 e. The topological polar surface area (TPSA) is 119 Å². The van der Waals surface area contributed by atoms with Crippen LogP contribution < -0.4 is 10.2 Å². The van der Waals surface area contributed by atoms with Crippen LogP contribution in [0.2, 0.25) is 0 Å². The normalized spacial score (nSPS) is 17.8. The molecular formula is C26H31N5O4. The fraction of sp³-hybridized carbons (Fsp3) is 0.462. The van der Waals surface area contributed by atoms with Crippen molar-refractivity contribution in [3.8, 4) is 17.3 Å². The first-order valence-electron chi connectivity index (χ1n) is 11.9. The van der Waals surface area contributed by atoms with Gasteiger partial charge in [0.25, 0.3) is 0 Å². The summed E-state index contributed by atoms with van der Waals surface area (Å²) in [5, 5.41) is 21.9. The predicted octanol–water partition coefficient (Wildman–Crippen LogP) is 1.62. The maximum absolute atomic E-state index is 12.5. The van der Waals surface area contributed by atoms with Gasteiger partial charge >= 0.3 is 11.8 Å². The summed E-state index contributed by atoms with van der Waals surface area (Å²) in [6, 6.07) is 12.3. The number of nitrogens with zero attached hydrogens (tertiary/aromatic N) is 4. The molecule has 0 radical (unpaired) electrons. The number of aliphatic hydroxyl groups excluding tert-OH is 1. The molecule has 1 saturated heterocycles. The number of amides is 2. The Hall–Kier alpha value is -3.48. The number of aromatic nitrogens is 1. The third-order valence-electron chi connectivity index (χ3n) is 6.38. The molecule has 0 bridgehead atoms. The minimum atomic E-state index is -0.725. The van der Waals surface area contributed by atoms with Gasteiger partial charge in [-0.05, 0) is 26.3 Å². The number of aliphatic hydroxyl groups is 1. The average molecular weight is 478 g/mol. The van der Waals surface area contributed by atoms with Gasteiger partial charge in [-0.2, -0.15) is 5.26 Å². The van der Waals surface area contributed by atoms with E-state index in [2.05, 4.69) is 11.4 Å². The molecule has 2 N–H and O–H groups in total. The predicted molar refractivity (Wildman–Crippen MR) is 130 cm³/mol. The van der Waals surface area contributed by atoms with Gasteiger partial charge in [0.2, 0.25) is 0 Å². The van der Waals surface area contributed by atoms with Gasteiger partial charge in [0.05, 0.1) is 29.6 Å². The van der Waals surface area contributed by atoms with E-state index < -0.39 is 23.5 Å². The molecule has 4 rings (SSSR count). The van der Waals surface area contributed by atoms with Gasteiger partial charge < -0.3 is 25.0 Å².